The molecule has 0 aliphatic carbocycles. The third kappa shape index (κ3) is 3.55. The number of benzene rings is 1. The van der Waals surface area contributed by atoms with E-state index in [0.29, 0.717) is 28.7 Å². The van der Waals surface area contributed by atoms with E-state index in [4.69, 9.17) is 23.2 Å². The fourth-order valence-corrected chi connectivity index (χ4v) is 2.90. The molecular weight excluding hydrogens is 345 g/mol. The van der Waals surface area contributed by atoms with Crippen molar-refractivity contribution in [3.05, 3.63) is 69.6 Å². The maximum atomic E-state index is 12.6. The monoisotopic (exact) mass is 361 g/mol. The van der Waals surface area contributed by atoms with Crippen LogP contribution in [0, 0.1) is 0 Å². The molecule has 0 aliphatic heterocycles. The number of halogens is 2. The molecule has 1 aromatic carbocycles. The zero-order valence-corrected chi connectivity index (χ0v) is 14.7. The molecule has 0 unspecified atom stereocenters. The number of pyridine rings is 1. The second kappa shape index (κ2) is 7.24. The first-order valence-electron chi connectivity index (χ1n) is 7.77. The van der Waals surface area contributed by atoms with E-state index < -0.39 is 0 Å². The summed E-state index contributed by atoms with van der Waals surface area (Å²) in [6.07, 6.45) is 3.14. The molecule has 1 amide bonds. The van der Waals surface area contributed by atoms with Gasteiger partial charge in [0, 0.05) is 17.8 Å². The van der Waals surface area contributed by atoms with Crippen molar-refractivity contribution in [3.8, 4) is 0 Å². The Morgan fingerprint density at radius 1 is 1.12 bits per heavy atom. The summed E-state index contributed by atoms with van der Waals surface area (Å²) in [7, 11) is 0. The van der Waals surface area contributed by atoms with E-state index in [1.54, 1.807) is 16.7 Å². The van der Waals surface area contributed by atoms with E-state index in [-0.39, 0.29) is 5.91 Å². The Bertz CT molecular complexity index is 872. The number of carbonyl (C=O) groups is 1. The van der Waals surface area contributed by atoms with Gasteiger partial charge in [0.15, 0.2) is 0 Å². The van der Waals surface area contributed by atoms with Gasteiger partial charge in [0.1, 0.15) is 11.3 Å². The lowest BCUT2D eigenvalue weighted by Gasteiger charge is -2.07. The Labute approximate surface area is 150 Å². The standard InChI is InChI=1S/C18H17Cl2N3O/c1-2-15-17(23-11-14(20)7-8-16(23)22-15)18(24)21-10-9-12-3-5-13(19)6-4-12/h3-8,11H,2,9-10H2,1H3,(H,21,24). The number of hydrogen-bond donors (Lipinski definition) is 1. The number of aromatic nitrogens is 2. The second-order valence-electron chi connectivity index (χ2n) is 5.47. The minimum absolute atomic E-state index is 0.143. The Balaban J connectivity index is 1.75. The summed E-state index contributed by atoms with van der Waals surface area (Å²) in [4.78, 5) is 17.1. The Morgan fingerprint density at radius 2 is 1.83 bits per heavy atom. The fraction of sp³-hybridized carbons (Fsp3) is 0.222. The second-order valence-corrected chi connectivity index (χ2v) is 6.34. The third-order valence-electron chi connectivity index (χ3n) is 3.82. The molecule has 0 spiro atoms. The van der Waals surface area contributed by atoms with Crippen LogP contribution < -0.4 is 5.32 Å². The normalized spacial score (nSPS) is 11.0. The van der Waals surface area contributed by atoms with Crippen molar-refractivity contribution < 1.29 is 4.79 Å². The average molecular weight is 362 g/mol. The first-order chi connectivity index (χ1) is 11.6. The molecule has 6 heteroatoms. The first kappa shape index (κ1) is 16.8. The van der Waals surface area contributed by atoms with Crippen LogP contribution >= 0.6 is 23.2 Å². The highest BCUT2D eigenvalue weighted by molar-refractivity contribution is 6.30. The summed E-state index contributed by atoms with van der Waals surface area (Å²) < 4.78 is 1.75. The number of fused-ring (bicyclic) bond motifs is 1. The molecule has 4 nitrogen and oxygen atoms in total. The molecule has 0 bridgehead atoms. The molecule has 0 saturated carbocycles. The molecule has 0 aliphatic rings. The summed E-state index contributed by atoms with van der Waals surface area (Å²) in [6, 6.07) is 11.2. The SMILES string of the molecule is CCc1nc2ccc(Cl)cn2c1C(=O)NCCc1ccc(Cl)cc1. The molecule has 2 aromatic heterocycles. The van der Waals surface area contributed by atoms with Crippen molar-refractivity contribution in [2.45, 2.75) is 19.8 Å². The molecule has 3 aromatic rings. The van der Waals surface area contributed by atoms with Gasteiger partial charge in [0.05, 0.1) is 10.7 Å². The molecule has 0 atom stereocenters. The largest absolute Gasteiger partial charge is 0.350 e. The molecule has 0 fully saturated rings. The van der Waals surface area contributed by atoms with E-state index in [1.165, 1.54) is 0 Å². The van der Waals surface area contributed by atoms with Gasteiger partial charge in [0.25, 0.3) is 5.91 Å². The average Bonchev–Trinajstić information content (AvgIpc) is 2.94. The Morgan fingerprint density at radius 3 is 2.54 bits per heavy atom. The molecule has 3 rings (SSSR count). The number of nitrogens with one attached hydrogen (secondary N) is 1. The summed E-state index contributed by atoms with van der Waals surface area (Å²) in [6.45, 7) is 2.52. The number of hydrogen-bond acceptors (Lipinski definition) is 2. The van der Waals surface area contributed by atoms with Crippen LogP contribution in [0.25, 0.3) is 5.65 Å². The van der Waals surface area contributed by atoms with Crippen LogP contribution in [0.5, 0.6) is 0 Å². The topological polar surface area (TPSA) is 46.4 Å². The Hall–Kier alpha value is -2.04. The van der Waals surface area contributed by atoms with Crippen molar-refractivity contribution in [1.82, 2.24) is 14.7 Å². The molecule has 0 saturated heterocycles. The predicted molar refractivity (Wildman–Crippen MR) is 97.1 cm³/mol. The zero-order valence-electron chi connectivity index (χ0n) is 13.2. The number of amides is 1. The fourth-order valence-electron chi connectivity index (χ4n) is 2.61. The van der Waals surface area contributed by atoms with E-state index in [1.807, 2.05) is 37.3 Å². The molecule has 24 heavy (non-hydrogen) atoms. The van der Waals surface area contributed by atoms with Gasteiger partial charge in [-0.1, -0.05) is 42.3 Å². The smallest absolute Gasteiger partial charge is 0.270 e. The van der Waals surface area contributed by atoms with E-state index in [9.17, 15) is 4.79 Å². The maximum absolute atomic E-state index is 12.6. The van der Waals surface area contributed by atoms with E-state index in [2.05, 4.69) is 10.3 Å². The van der Waals surface area contributed by atoms with Crippen LogP contribution in [0.15, 0.2) is 42.6 Å². The van der Waals surface area contributed by atoms with Gasteiger partial charge < -0.3 is 5.32 Å². The van der Waals surface area contributed by atoms with Crippen molar-refractivity contribution in [2.24, 2.45) is 0 Å². The highest BCUT2D eigenvalue weighted by Gasteiger charge is 2.18. The van der Waals surface area contributed by atoms with Crippen LogP contribution in [-0.2, 0) is 12.8 Å². The molecule has 0 radical (unpaired) electrons. The van der Waals surface area contributed by atoms with Crippen LogP contribution in [0.1, 0.15) is 28.7 Å². The van der Waals surface area contributed by atoms with Crippen molar-refractivity contribution >= 4 is 34.8 Å². The first-order valence-corrected chi connectivity index (χ1v) is 8.53. The summed E-state index contributed by atoms with van der Waals surface area (Å²) >= 11 is 11.9. The van der Waals surface area contributed by atoms with Crippen LogP contribution in [-0.4, -0.2) is 21.8 Å². The van der Waals surface area contributed by atoms with Gasteiger partial charge in [-0.2, -0.15) is 0 Å². The molecule has 124 valence electrons. The molecule has 1 N–H and O–H groups in total. The minimum atomic E-state index is -0.143. The number of nitrogens with zero attached hydrogens (tertiary/aromatic N) is 2. The lowest BCUT2D eigenvalue weighted by molar-refractivity contribution is 0.0947. The lowest BCUT2D eigenvalue weighted by atomic mass is 10.1. The number of carbonyl (C=O) groups excluding carboxylic acids is 1. The molecular formula is C18H17Cl2N3O. The summed E-state index contributed by atoms with van der Waals surface area (Å²) in [5, 5.41) is 4.23. The third-order valence-corrected chi connectivity index (χ3v) is 4.29. The molecule has 2 heterocycles. The number of imidazole rings is 1. The van der Waals surface area contributed by atoms with Gasteiger partial charge in [-0.25, -0.2) is 4.98 Å². The van der Waals surface area contributed by atoms with Gasteiger partial charge in [-0.3, -0.25) is 9.20 Å². The van der Waals surface area contributed by atoms with Crippen molar-refractivity contribution in [3.63, 3.8) is 0 Å². The van der Waals surface area contributed by atoms with Crippen LogP contribution in [0.3, 0.4) is 0 Å². The van der Waals surface area contributed by atoms with Gasteiger partial charge in [0.2, 0.25) is 0 Å². The predicted octanol–water partition coefficient (Wildman–Crippen LogP) is 4.18. The van der Waals surface area contributed by atoms with Gasteiger partial charge in [-0.15, -0.1) is 0 Å². The number of aryl methyl sites for hydroxylation is 1. The highest BCUT2D eigenvalue weighted by Crippen LogP contribution is 2.17. The van der Waals surface area contributed by atoms with E-state index >= 15 is 0 Å². The van der Waals surface area contributed by atoms with Gasteiger partial charge in [-0.05, 0) is 42.7 Å². The number of rotatable bonds is 5. The summed E-state index contributed by atoms with van der Waals surface area (Å²) in [5.41, 5.74) is 3.16. The van der Waals surface area contributed by atoms with Crippen molar-refractivity contribution in [1.29, 1.82) is 0 Å². The lowest BCUT2D eigenvalue weighted by Crippen LogP contribution is -2.27. The maximum Gasteiger partial charge on any atom is 0.270 e. The minimum Gasteiger partial charge on any atom is -0.350 e. The van der Waals surface area contributed by atoms with Crippen LogP contribution in [0.2, 0.25) is 10.0 Å². The highest BCUT2D eigenvalue weighted by atomic mass is 35.5. The Kier molecular flexibility index (Phi) is 5.07. The van der Waals surface area contributed by atoms with Crippen LogP contribution in [0.4, 0.5) is 0 Å². The summed E-state index contributed by atoms with van der Waals surface area (Å²) in [5.74, 6) is -0.143. The quantitative estimate of drug-likeness (QED) is 0.740. The van der Waals surface area contributed by atoms with Gasteiger partial charge >= 0.3 is 0 Å². The van der Waals surface area contributed by atoms with Crippen molar-refractivity contribution in [2.75, 3.05) is 6.54 Å². The van der Waals surface area contributed by atoms with E-state index in [0.717, 1.165) is 23.3 Å². The zero-order chi connectivity index (χ0) is 17.1.